The molecule has 0 aliphatic carbocycles. The van der Waals surface area contributed by atoms with Crippen LogP contribution >= 0.6 is 11.6 Å². The summed E-state index contributed by atoms with van der Waals surface area (Å²) in [5, 5.41) is 5.91. The van der Waals surface area contributed by atoms with Gasteiger partial charge in [-0.3, -0.25) is 9.59 Å². The Hall–Kier alpha value is -2.53. The summed E-state index contributed by atoms with van der Waals surface area (Å²) in [5.74, 6) is -0.578. The number of hydrogen-bond donors (Lipinski definition) is 2. The Morgan fingerprint density at radius 3 is 2.75 bits per heavy atom. The number of benzene rings is 2. The van der Waals surface area contributed by atoms with E-state index in [4.69, 9.17) is 16.3 Å². The minimum atomic E-state index is -1.61. The minimum Gasteiger partial charge on any atom is -0.466 e. The summed E-state index contributed by atoms with van der Waals surface area (Å²) in [6, 6.07) is 14.7. The van der Waals surface area contributed by atoms with Crippen LogP contribution in [0.3, 0.4) is 0 Å². The average Bonchev–Trinajstić information content (AvgIpc) is 2.57. The molecule has 1 aliphatic rings. The topological polar surface area (TPSA) is 67.4 Å². The van der Waals surface area contributed by atoms with Gasteiger partial charge in [0, 0.05) is 11.6 Å². The Kier molecular flexibility index (Phi) is 4.44. The summed E-state index contributed by atoms with van der Waals surface area (Å²) >= 11 is 5.90. The molecule has 1 unspecified atom stereocenters. The molecule has 0 saturated carbocycles. The quantitative estimate of drug-likeness (QED) is 0.838. The number of ether oxygens (including phenoxy) is 1. The average molecular weight is 345 g/mol. The lowest BCUT2D eigenvalue weighted by molar-refractivity contribution is -0.146. The number of amides is 2. The van der Waals surface area contributed by atoms with Gasteiger partial charge in [0.2, 0.25) is 0 Å². The SMILES string of the molecule is CC1(C(=O)NCCc2ccccc2)Oc2ccc(Cl)cc2NC1=O. The van der Waals surface area contributed by atoms with Crippen molar-refractivity contribution in [1.29, 1.82) is 0 Å². The summed E-state index contributed by atoms with van der Waals surface area (Å²) in [5.41, 5.74) is -0.0450. The van der Waals surface area contributed by atoms with Crippen molar-refractivity contribution in [2.75, 3.05) is 11.9 Å². The van der Waals surface area contributed by atoms with Gasteiger partial charge >= 0.3 is 0 Å². The Balaban J connectivity index is 1.67. The monoisotopic (exact) mass is 344 g/mol. The van der Waals surface area contributed by atoms with Crippen molar-refractivity contribution >= 4 is 29.1 Å². The molecule has 2 amide bonds. The third-order valence-electron chi connectivity index (χ3n) is 3.91. The number of fused-ring (bicyclic) bond motifs is 1. The zero-order valence-electron chi connectivity index (χ0n) is 13.1. The van der Waals surface area contributed by atoms with Crippen LogP contribution in [0.15, 0.2) is 48.5 Å². The van der Waals surface area contributed by atoms with E-state index in [-0.39, 0.29) is 0 Å². The Morgan fingerprint density at radius 2 is 2.00 bits per heavy atom. The fourth-order valence-electron chi connectivity index (χ4n) is 2.48. The van der Waals surface area contributed by atoms with Crippen LogP contribution in [0.4, 0.5) is 5.69 Å². The van der Waals surface area contributed by atoms with Gasteiger partial charge in [0.05, 0.1) is 5.69 Å². The second-order valence-electron chi connectivity index (χ2n) is 5.72. The highest BCUT2D eigenvalue weighted by Crippen LogP contribution is 2.35. The van der Waals surface area contributed by atoms with E-state index in [1.54, 1.807) is 18.2 Å². The van der Waals surface area contributed by atoms with Crippen LogP contribution in [-0.4, -0.2) is 24.0 Å². The lowest BCUT2D eigenvalue weighted by Crippen LogP contribution is -2.58. The predicted molar refractivity (Wildman–Crippen MR) is 92.3 cm³/mol. The first kappa shape index (κ1) is 16.3. The summed E-state index contributed by atoms with van der Waals surface area (Å²) < 4.78 is 5.67. The standard InChI is InChI=1S/C18H17ClN2O3/c1-18(16(22)20-10-9-12-5-3-2-4-6-12)17(23)21-14-11-13(19)7-8-15(14)24-18/h2-8,11H,9-10H2,1H3,(H,20,22)(H,21,23). The molecule has 2 N–H and O–H groups in total. The number of carbonyl (C=O) groups is 2. The van der Waals surface area contributed by atoms with E-state index in [0.717, 1.165) is 5.56 Å². The molecule has 1 heterocycles. The molecule has 0 spiro atoms. The predicted octanol–water partition coefficient (Wildman–Crippen LogP) is 2.79. The lowest BCUT2D eigenvalue weighted by atomic mass is 10.0. The van der Waals surface area contributed by atoms with Crippen molar-refractivity contribution in [3.05, 3.63) is 59.1 Å². The van der Waals surface area contributed by atoms with Gasteiger partial charge in [0.1, 0.15) is 5.75 Å². The molecule has 1 aliphatic heterocycles. The molecule has 2 aromatic carbocycles. The second-order valence-corrected chi connectivity index (χ2v) is 6.16. The van der Waals surface area contributed by atoms with Crippen LogP contribution in [0.1, 0.15) is 12.5 Å². The molecule has 1 atom stereocenters. The van der Waals surface area contributed by atoms with Crippen LogP contribution in [-0.2, 0) is 16.0 Å². The molecular weight excluding hydrogens is 328 g/mol. The molecule has 24 heavy (non-hydrogen) atoms. The molecular formula is C18H17ClN2O3. The van der Waals surface area contributed by atoms with Gasteiger partial charge in [-0.1, -0.05) is 41.9 Å². The number of halogens is 1. The first-order valence-corrected chi connectivity index (χ1v) is 7.99. The zero-order chi connectivity index (χ0) is 17.2. The maximum absolute atomic E-state index is 12.5. The third kappa shape index (κ3) is 3.21. The minimum absolute atomic E-state index is 0.416. The van der Waals surface area contributed by atoms with E-state index < -0.39 is 17.4 Å². The number of nitrogens with one attached hydrogen (secondary N) is 2. The fourth-order valence-corrected chi connectivity index (χ4v) is 2.65. The van der Waals surface area contributed by atoms with Crippen LogP contribution < -0.4 is 15.4 Å². The summed E-state index contributed by atoms with van der Waals surface area (Å²) in [6.07, 6.45) is 0.677. The number of anilines is 1. The zero-order valence-corrected chi connectivity index (χ0v) is 13.9. The van der Waals surface area contributed by atoms with Crippen molar-refractivity contribution in [3.8, 4) is 5.75 Å². The first-order chi connectivity index (χ1) is 11.5. The summed E-state index contributed by atoms with van der Waals surface area (Å²) in [7, 11) is 0. The van der Waals surface area contributed by atoms with Crippen molar-refractivity contribution in [3.63, 3.8) is 0 Å². The molecule has 0 saturated heterocycles. The normalized spacial score (nSPS) is 19.0. The molecule has 0 radical (unpaired) electrons. The fraction of sp³-hybridized carbons (Fsp3) is 0.222. The molecule has 6 heteroatoms. The van der Waals surface area contributed by atoms with E-state index in [0.29, 0.717) is 29.4 Å². The van der Waals surface area contributed by atoms with Crippen molar-refractivity contribution in [1.82, 2.24) is 5.32 Å². The molecule has 2 aromatic rings. The van der Waals surface area contributed by atoms with Crippen molar-refractivity contribution in [2.45, 2.75) is 18.9 Å². The van der Waals surface area contributed by atoms with Crippen LogP contribution in [0.2, 0.25) is 5.02 Å². The lowest BCUT2D eigenvalue weighted by Gasteiger charge is -2.33. The maximum atomic E-state index is 12.5. The molecule has 0 bridgehead atoms. The van der Waals surface area contributed by atoms with Crippen LogP contribution in [0, 0.1) is 0 Å². The maximum Gasteiger partial charge on any atom is 0.278 e. The van der Waals surface area contributed by atoms with Gasteiger partial charge < -0.3 is 15.4 Å². The number of rotatable bonds is 4. The largest absolute Gasteiger partial charge is 0.466 e. The second kappa shape index (κ2) is 6.53. The van der Waals surface area contributed by atoms with Crippen molar-refractivity contribution in [2.24, 2.45) is 0 Å². The highest BCUT2D eigenvalue weighted by Gasteiger charge is 2.47. The van der Waals surface area contributed by atoms with E-state index in [9.17, 15) is 9.59 Å². The summed E-state index contributed by atoms with van der Waals surface area (Å²) in [4.78, 5) is 24.8. The van der Waals surface area contributed by atoms with Gasteiger partial charge in [0.25, 0.3) is 17.4 Å². The smallest absolute Gasteiger partial charge is 0.278 e. The van der Waals surface area contributed by atoms with Gasteiger partial charge in [-0.15, -0.1) is 0 Å². The Morgan fingerprint density at radius 1 is 1.25 bits per heavy atom. The van der Waals surface area contributed by atoms with Crippen molar-refractivity contribution < 1.29 is 14.3 Å². The highest BCUT2D eigenvalue weighted by molar-refractivity contribution is 6.31. The van der Waals surface area contributed by atoms with E-state index in [1.807, 2.05) is 30.3 Å². The van der Waals surface area contributed by atoms with E-state index in [1.165, 1.54) is 6.92 Å². The van der Waals surface area contributed by atoms with Gasteiger partial charge in [-0.2, -0.15) is 0 Å². The Bertz CT molecular complexity index is 779. The molecule has 124 valence electrons. The number of carbonyl (C=O) groups excluding carboxylic acids is 2. The molecule has 3 rings (SSSR count). The first-order valence-electron chi connectivity index (χ1n) is 7.61. The van der Waals surface area contributed by atoms with Crippen LogP contribution in [0.5, 0.6) is 5.75 Å². The van der Waals surface area contributed by atoms with E-state index in [2.05, 4.69) is 10.6 Å². The molecule has 0 fully saturated rings. The molecule has 0 aromatic heterocycles. The molecule has 5 nitrogen and oxygen atoms in total. The Labute approximate surface area is 145 Å². The highest BCUT2D eigenvalue weighted by atomic mass is 35.5. The van der Waals surface area contributed by atoms with Gasteiger partial charge in [0.15, 0.2) is 0 Å². The van der Waals surface area contributed by atoms with Crippen LogP contribution in [0.25, 0.3) is 0 Å². The summed E-state index contributed by atoms with van der Waals surface area (Å²) in [6.45, 7) is 1.88. The van der Waals surface area contributed by atoms with E-state index >= 15 is 0 Å². The number of hydrogen-bond acceptors (Lipinski definition) is 3. The van der Waals surface area contributed by atoms with Gasteiger partial charge in [-0.05, 0) is 37.1 Å². The van der Waals surface area contributed by atoms with Gasteiger partial charge in [-0.25, -0.2) is 0 Å². The third-order valence-corrected chi connectivity index (χ3v) is 4.15.